The van der Waals surface area contributed by atoms with Crippen LogP contribution >= 0.6 is 0 Å². The number of sulfonamides is 1. The van der Waals surface area contributed by atoms with Crippen molar-refractivity contribution in [2.45, 2.75) is 30.7 Å². The van der Waals surface area contributed by atoms with Crippen LogP contribution in [0.15, 0.2) is 59.6 Å². The van der Waals surface area contributed by atoms with Gasteiger partial charge in [0.1, 0.15) is 16.9 Å². The second-order valence-corrected chi connectivity index (χ2v) is 9.07. The van der Waals surface area contributed by atoms with Gasteiger partial charge in [0.15, 0.2) is 0 Å². The Kier molecular flexibility index (Phi) is 7.92. The van der Waals surface area contributed by atoms with Crippen LogP contribution < -0.4 is 14.8 Å². The van der Waals surface area contributed by atoms with E-state index in [1.807, 2.05) is 30.3 Å². The maximum atomic E-state index is 12.9. The molecule has 0 aliphatic heterocycles. The SMILES string of the molecule is CC(=O)Nc1ccc(S(=O)(=O)N[C@@H](C=O)CC(=O)O)c(OCCc2cccc3ncccc23)c1. The molecule has 1 amide bonds. The topological polar surface area (TPSA) is 152 Å². The van der Waals surface area contributed by atoms with Crippen molar-refractivity contribution < 1.29 is 32.6 Å². The van der Waals surface area contributed by atoms with Crippen molar-refractivity contribution in [2.75, 3.05) is 11.9 Å². The van der Waals surface area contributed by atoms with Crippen LogP contribution in [0.2, 0.25) is 0 Å². The lowest BCUT2D eigenvalue weighted by Crippen LogP contribution is -2.37. The molecule has 0 fully saturated rings. The molecule has 0 aliphatic rings. The fraction of sp³-hybridized carbons (Fsp3) is 0.217. The number of nitrogens with one attached hydrogen (secondary N) is 2. The molecule has 10 nitrogen and oxygen atoms in total. The molecule has 0 spiro atoms. The zero-order chi connectivity index (χ0) is 24.7. The third-order valence-electron chi connectivity index (χ3n) is 4.78. The predicted octanol–water partition coefficient (Wildman–Crippen LogP) is 2.14. The highest BCUT2D eigenvalue weighted by Crippen LogP contribution is 2.28. The van der Waals surface area contributed by atoms with Gasteiger partial charge in [0, 0.05) is 36.7 Å². The number of carboxylic acid groups (broad SMARTS) is 1. The molecule has 0 unspecified atom stereocenters. The van der Waals surface area contributed by atoms with Crippen LogP contribution in [-0.4, -0.2) is 49.3 Å². The minimum absolute atomic E-state index is 0.0583. The number of carbonyl (C=O) groups excluding carboxylic acids is 2. The Morgan fingerprint density at radius 1 is 1.18 bits per heavy atom. The second-order valence-electron chi connectivity index (χ2n) is 7.39. The van der Waals surface area contributed by atoms with Crippen molar-refractivity contribution in [1.29, 1.82) is 0 Å². The van der Waals surface area contributed by atoms with Gasteiger partial charge < -0.3 is 20.0 Å². The van der Waals surface area contributed by atoms with E-state index in [4.69, 9.17) is 9.84 Å². The summed E-state index contributed by atoms with van der Waals surface area (Å²) >= 11 is 0. The fourth-order valence-corrected chi connectivity index (χ4v) is 4.64. The van der Waals surface area contributed by atoms with Crippen molar-refractivity contribution in [3.05, 3.63) is 60.3 Å². The quantitative estimate of drug-likeness (QED) is 0.349. The third-order valence-corrected chi connectivity index (χ3v) is 6.31. The molecule has 3 rings (SSSR count). The molecule has 3 aromatic rings. The standard InChI is InChI=1S/C23H23N3O7S/c1-15(28)25-17-7-8-22(34(31,32)26-18(14-27)13-23(29)30)21(12-17)33-11-9-16-4-2-6-20-19(16)5-3-10-24-20/h2-8,10,12,14,18,26H,9,11,13H2,1H3,(H,25,28)(H,29,30)/t18-/m1/s1. The van der Waals surface area contributed by atoms with E-state index in [1.165, 1.54) is 25.1 Å². The number of amides is 1. The highest BCUT2D eigenvalue weighted by atomic mass is 32.2. The number of hydrogen-bond acceptors (Lipinski definition) is 7. The summed E-state index contributed by atoms with van der Waals surface area (Å²) in [4.78, 5) is 37.5. The fourth-order valence-electron chi connectivity index (χ4n) is 3.35. The predicted molar refractivity (Wildman–Crippen MR) is 124 cm³/mol. The van der Waals surface area contributed by atoms with Crippen molar-refractivity contribution in [3.63, 3.8) is 0 Å². The van der Waals surface area contributed by atoms with Crippen LogP contribution in [0.25, 0.3) is 10.9 Å². The molecule has 11 heteroatoms. The highest BCUT2D eigenvalue weighted by Gasteiger charge is 2.25. The smallest absolute Gasteiger partial charge is 0.305 e. The van der Waals surface area contributed by atoms with E-state index in [9.17, 15) is 22.8 Å². The molecular weight excluding hydrogens is 462 g/mol. The van der Waals surface area contributed by atoms with Gasteiger partial charge >= 0.3 is 5.97 Å². The van der Waals surface area contributed by atoms with E-state index >= 15 is 0 Å². The van der Waals surface area contributed by atoms with E-state index in [0.717, 1.165) is 16.5 Å². The van der Waals surface area contributed by atoms with Crippen LogP contribution in [-0.2, 0) is 30.8 Å². The number of aldehydes is 1. The average molecular weight is 486 g/mol. The maximum absolute atomic E-state index is 12.9. The number of ether oxygens (including phenoxy) is 1. The number of anilines is 1. The summed E-state index contributed by atoms with van der Waals surface area (Å²) in [5, 5.41) is 12.4. The van der Waals surface area contributed by atoms with Crippen molar-refractivity contribution >= 4 is 44.8 Å². The monoisotopic (exact) mass is 485 g/mol. The summed E-state index contributed by atoms with van der Waals surface area (Å²) in [5.41, 5.74) is 2.08. The van der Waals surface area contributed by atoms with Gasteiger partial charge in [0.05, 0.1) is 24.6 Å². The van der Waals surface area contributed by atoms with E-state index in [2.05, 4.69) is 15.0 Å². The molecule has 0 saturated heterocycles. The molecule has 2 aromatic carbocycles. The van der Waals surface area contributed by atoms with Gasteiger partial charge in [-0.25, -0.2) is 13.1 Å². The lowest BCUT2D eigenvalue weighted by molar-refractivity contribution is -0.138. The molecule has 0 bridgehead atoms. The summed E-state index contributed by atoms with van der Waals surface area (Å²) in [6.45, 7) is 1.41. The number of hydrogen-bond donors (Lipinski definition) is 3. The van der Waals surface area contributed by atoms with Crippen LogP contribution in [0, 0.1) is 0 Å². The number of rotatable bonds is 11. The molecule has 1 heterocycles. The number of carboxylic acids is 1. The van der Waals surface area contributed by atoms with E-state index < -0.39 is 28.5 Å². The highest BCUT2D eigenvalue weighted by molar-refractivity contribution is 7.89. The molecule has 0 aliphatic carbocycles. The first kappa shape index (κ1) is 24.8. The number of carbonyl (C=O) groups is 3. The van der Waals surface area contributed by atoms with Gasteiger partial charge in [-0.1, -0.05) is 18.2 Å². The maximum Gasteiger partial charge on any atom is 0.305 e. The summed E-state index contributed by atoms with van der Waals surface area (Å²) in [6, 6.07) is 11.9. The number of benzene rings is 2. The molecule has 3 N–H and O–H groups in total. The lowest BCUT2D eigenvalue weighted by atomic mass is 10.1. The van der Waals surface area contributed by atoms with E-state index in [1.54, 1.807) is 6.20 Å². The molecule has 178 valence electrons. The van der Waals surface area contributed by atoms with Gasteiger partial charge in [-0.15, -0.1) is 0 Å². The zero-order valence-electron chi connectivity index (χ0n) is 18.2. The van der Waals surface area contributed by atoms with E-state index in [0.29, 0.717) is 12.1 Å². The number of fused-ring (bicyclic) bond motifs is 1. The summed E-state index contributed by atoms with van der Waals surface area (Å²) in [6.07, 6.45) is 1.64. The molecular formula is C23H23N3O7S. The van der Waals surface area contributed by atoms with Gasteiger partial charge in [0.2, 0.25) is 15.9 Å². The molecule has 1 aromatic heterocycles. The molecule has 0 saturated carbocycles. The minimum Gasteiger partial charge on any atom is -0.492 e. The van der Waals surface area contributed by atoms with E-state index in [-0.39, 0.29) is 29.4 Å². The zero-order valence-corrected chi connectivity index (χ0v) is 19.0. The van der Waals surface area contributed by atoms with Crippen LogP contribution in [0.1, 0.15) is 18.9 Å². The lowest BCUT2D eigenvalue weighted by Gasteiger charge is -2.16. The Morgan fingerprint density at radius 2 is 1.97 bits per heavy atom. The van der Waals surface area contributed by atoms with Crippen molar-refractivity contribution in [1.82, 2.24) is 9.71 Å². The largest absolute Gasteiger partial charge is 0.492 e. The van der Waals surface area contributed by atoms with Gasteiger partial charge in [0.25, 0.3) is 0 Å². The number of pyridine rings is 1. The van der Waals surface area contributed by atoms with Crippen LogP contribution in [0.5, 0.6) is 5.75 Å². The Hall–Kier alpha value is -3.83. The summed E-state index contributed by atoms with van der Waals surface area (Å²) < 4.78 is 33.7. The van der Waals surface area contributed by atoms with Gasteiger partial charge in [-0.3, -0.25) is 14.6 Å². The molecule has 34 heavy (non-hydrogen) atoms. The Bertz CT molecular complexity index is 1320. The average Bonchev–Trinajstić information content (AvgIpc) is 2.78. The normalized spacial score (nSPS) is 12.1. The molecule has 0 radical (unpaired) electrons. The van der Waals surface area contributed by atoms with Crippen molar-refractivity contribution in [2.24, 2.45) is 0 Å². The van der Waals surface area contributed by atoms with Crippen LogP contribution in [0.3, 0.4) is 0 Å². The van der Waals surface area contributed by atoms with Gasteiger partial charge in [-0.2, -0.15) is 0 Å². The summed E-state index contributed by atoms with van der Waals surface area (Å²) in [7, 11) is -4.32. The summed E-state index contributed by atoms with van der Waals surface area (Å²) in [5.74, 6) is -1.75. The third kappa shape index (κ3) is 6.36. The Morgan fingerprint density at radius 3 is 2.68 bits per heavy atom. The number of nitrogens with zero attached hydrogens (tertiary/aromatic N) is 1. The second kappa shape index (κ2) is 10.9. The minimum atomic E-state index is -4.32. The van der Waals surface area contributed by atoms with Gasteiger partial charge in [-0.05, 0) is 29.8 Å². The number of aromatic nitrogens is 1. The Labute approximate surface area is 196 Å². The number of aliphatic carboxylic acids is 1. The first-order valence-electron chi connectivity index (χ1n) is 10.3. The Balaban J connectivity index is 1.87. The molecule has 1 atom stereocenters. The van der Waals surface area contributed by atoms with Crippen molar-refractivity contribution in [3.8, 4) is 5.75 Å². The first-order chi connectivity index (χ1) is 16.2. The van der Waals surface area contributed by atoms with Crippen LogP contribution in [0.4, 0.5) is 5.69 Å². The first-order valence-corrected chi connectivity index (χ1v) is 11.7.